The van der Waals surface area contributed by atoms with E-state index in [0.29, 0.717) is 33.6 Å². The maximum absolute atomic E-state index is 13.7. The highest BCUT2D eigenvalue weighted by atomic mass is 16.1. The number of pyridine rings is 1. The van der Waals surface area contributed by atoms with Crippen molar-refractivity contribution in [2.24, 2.45) is 0 Å². The molecule has 0 spiro atoms. The number of nitrogen functional groups attached to an aromatic ring is 1. The Morgan fingerprint density at radius 1 is 1.06 bits per heavy atom. The maximum Gasteiger partial charge on any atom is 0.308 e. The van der Waals surface area contributed by atoms with Crippen molar-refractivity contribution in [3.63, 3.8) is 0 Å². The Hall–Kier alpha value is -4.65. The van der Waals surface area contributed by atoms with Crippen LogP contribution in [0.5, 0.6) is 0 Å². The third kappa shape index (κ3) is 2.87. The lowest BCUT2D eigenvalue weighted by atomic mass is 10.1. The van der Waals surface area contributed by atoms with Crippen LogP contribution >= 0.6 is 0 Å². The molecule has 0 aliphatic carbocycles. The van der Waals surface area contributed by atoms with Crippen LogP contribution in [0, 0.1) is 20.4 Å². The van der Waals surface area contributed by atoms with Gasteiger partial charge in [-0.2, -0.15) is 4.68 Å². The van der Waals surface area contributed by atoms with Gasteiger partial charge in [-0.1, -0.05) is 24.8 Å². The smallest absolute Gasteiger partial charge is 0.308 e. The van der Waals surface area contributed by atoms with Crippen LogP contribution in [0.25, 0.3) is 32.6 Å². The first-order chi connectivity index (χ1) is 15.5. The van der Waals surface area contributed by atoms with Crippen LogP contribution in [0.1, 0.15) is 17.0 Å². The summed E-state index contributed by atoms with van der Waals surface area (Å²) in [6, 6.07) is 9.36. The summed E-state index contributed by atoms with van der Waals surface area (Å²) in [7, 11) is 0. The Balaban J connectivity index is 1.82. The lowest BCUT2D eigenvalue weighted by Crippen LogP contribution is -2.27. The largest absolute Gasteiger partial charge is 0.384 e. The molecule has 32 heavy (non-hydrogen) atoms. The minimum Gasteiger partial charge on any atom is -0.384 e. The molecule has 0 saturated heterocycles. The standard InChI is InChI=1S/C22H17N9O/c1-12-6-4-5-7-14(12)31-15(28-20-16(22(31)32)13(2)8-9-25-20)10-30-21-17(19(24-3)29-30)18(23)26-11-27-21/h4-9,11H,10H2,1-2H3,(H2,23,26,27). The van der Waals surface area contributed by atoms with E-state index < -0.39 is 0 Å². The van der Waals surface area contributed by atoms with Crippen LogP contribution in [-0.4, -0.2) is 34.3 Å². The number of hydrogen-bond acceptors (Lipinski definition) is 7. The molecule has 0 saturated carbocycles. The molecule has 5 aromatic rings. The quantitative estimate of drug-likeness (QED) is 0.443. The van der Waals surface area contributed by atoms with Gasteiger partial charge in [0.25, 0.3) is 5.56 Å². The second-order valence-corrected chi connectivity index (χ2v) is 7.33. The fraction of sp³-hybridized carbons (Fsp3) is 0.136. The zero-order chi connectivity index (χ0) is 22.4. The van der Waals surface area contributed by atoms with E-state index in [1.54, 1.807) is 16.8 Å². The van der Waals surface area contributed by atoms with Gasteiger partial charge >= 0.3 is 5.82 Å². The number of benzene rings is 1. The van der Waals surface area contributed by atoms with Gasteiger partial charge in [-0.15, -0.1) is 0 Å². The van der Waals surface area contributed by atoms with Crippen molar-refractivity contribution in [3.05, 3.63) is 81.6 Å². The van der Waals surface area contributed by atoms with Gasteiger partial charge in [-0.3, -0.25) is 9.36 Å². The van der Waals surface area contributed by atoms with Crippen molar-refractivity contribution >= 4 is 33.7 Å². The van der Waals surface area contributed by atoms with E-state index in [1.807, 2.05) is 38.1 Å². The predicted octanol–water partition coefficient (Wildman–Crippen LogP) is 2.72. The van der Waals surface area contributed by atoms with Gasteiger partial charge in [0.15, 0.2) is 11.3 Å². The second-order valence-electron chi connectivity index (χ2n) is 7.33. The van der Waals surface area contributed by atoms with Gasteiger partial charge in [0, 0.05) is 6.20 Å². The summed E-state index contributed by atoms with van der Waals surface area (Å²) in [6.45, 7) is 11.3. The van der Waals surface area contributed by atoms with Gasteiger partial charge in [-0.25, -0.2) is 19.9 Å². The molecule has 4 aromatic heterocycles. The van der Waals surface area contributed by atoms with Crippen LogP contribution < -0.4 is 11.3 Å². The van der Waals surface area contributed by atoms with Gasteiger partial charge in [0.1, 0.15) is 24.5 Å². The third-order valence-corrected chi connectivity index (χ3v) is 5.34. The van der Waals surface area contributed by atoms with Crippen molar-refractivity contribution in [2.75, 3.05) is 5.73 Å². The molecule has 10 heteroatoms. The molecule has 5 rings (SSSR count). The average Bonchev–Trinajstić information content (AvgIpc) is 3.14. The molecule has 10 nitrogen and oxygen atoms in total. The number of rotatable bonds is 3. The summed E-state index contributed by atoms with van der Waals surface area (Å²) in [6.07, 6.45) is 2.94. The molecule has 0 unspecified atom stereocenters. The van der Waals surface area contributed by atoms with Crippen molar-refractivity contribution in [3.8, 4) is 5.69 Å². The highest BCUT2D eigenvalue weighted by Gasteiger charge is 2.22. The molecule has 0 bridgehead atoms. The first-order valence-electron chi connectivity index (χ1n) is 9.77. The number of aryl methyl sites for hydroxylation is 2. The number of nitrogens with two attached hydrogens (primary N) is 1. The normalized spacial score (nSPS) is 11.2. The summed E-state index contributed by atoms with van der Waals surface area (Å²) in [5.74, 6) is 0.679. The summed E-state index contributed by atoms with van der Waals surface area (Å²) >= 11 is 0. The molecular weight excluding hydrogens is 406 g/mol. The van der Waals surface area contributed by atoms with E-state index in [0.717, 1.165) is 11.1 Å². The first-order valence-corrected chi connectivity index (χ1v) is 9.77. The molecule has 1 aromatic carbocycles. The number of aromatic nitrogens is 7. The zero-order valence-corrected chi connectivity index (χ0v) is 17.3. The molecular formula is C22H17N9O. The molecule has 0 aliphatic heterocycles. The number of nitrogens with zero attached hydrogens (tertiary/aromatic N) is 8. The average molecular weight is 423 g/mol. The number of para-hydroxylation sites is 1. The highest BCUT2D eigenvalue weighted by Crippen LogP contribution is 2.28. The Labute approximate surface area is 181 Å². The lowest BCUT2D eigenvalue weighted by molar-refractivity contribution is 0.651. The number of hydrogen-bond donors (Lipinski definition) is 1. The van der Waals surface area contributed by atoms with Crippen molar-refractivity contribution < 1.29 is 0 Å². The maximum atomic E-state index is 13.7. The third-order valence-electron chi connectivity index (χ3n) is 5.34. The Bertz CT molecular complexity index is 1630. The van der Waals surface area contributed by atoms with E-state index in [-0.39, 0.29) is 23.7 Å². The van der Waals surface area contributed by atoms with Gasteiger partial charge in [-0.05, 0) is 42.2 Å². The minimum absolute atomic E-state index is 0.0810. The summed E-state index contributed by atoms with van der Waals surface area (Å²) in [5, 5.41) is 5.19. The highest BCUT2D eigenvalue weighted by molar-refractivity contribution is 5.96. The number of fused-ring (bicyclic) bond motifs is 2. The van der Waals surface area contributed by atoms with Crippen LogP contribution in [0.4, 0.5) is 11.6 Å². The van der Waals surface area contributed by atoms with Crippen LogP contribution in [-0.2, 0) is 6.54 Å². The lowest BCUT2D eigenvalue weighted by Gasteiger charge is -2.15. The van der Waals surface area contributed by atoms with Gasteiger partial charge in [0.2, 0.25) is 0 Å². The molecule has 4 heterocycles. The summed E-state index contributed by atoms with van der Waals surface area (Å²) in [4.78, 5) is 34.4. The summed E-state index contributed by atoms with van der Waals surface area (Å²) in [5.41, 5.74) is 8.91. The molecule has 0 fully saturated rings. The van der Waals surface area contributed by atoms with E-state index in [4.69, 9.17) is 17.3 Å². The fourth-order valence-corrected chi connectivity index (χ4v) is 3.80. The Morgan fingerprint density at radius 2 is 1.88 bits per heavy atom. The van der Waals surface area contributed by atoms with E-state index in [1.165, 1.54) is 11.0 Å². The second kappa shape index (κ2) is 7.24. The van der Waals surface area contributed by atoms with E-state index >= 15 is 0 Å². The SMILES string of the molecule is [C-]#[N+]c1nn(Cc2nc3nccc(C)c3c(=O)n2-c2ccccc2C)c2ncnc(N)c12. The molecule has 0 atom stereocenters. The molecule has 0 amide bonds. The van der Waals surface area contributed by atoms with Gasteiger partial charge in [0.05, 0.1) is 16.5 Å². The fourth-order valence-electron chi connectivity index (χ4n) is 3.80. The Morgan fingerprint density at radius 3 is 2.66 bits per heavy atom. The Kier molecular flexibility index (Phi) is 4.37. The van der Waals surface area contributed by atoms with Crippen LogP contribution in [0.2, 0.25) is 0 Å². The van der Waals surface area contributed by atoms with E-state index in [2.05, 4.69) is 24.9 Å². The van der Waals surface area contributed by atoms with Crippen molar-refractivity contribution in [2.45, 2.75) is 20.4 Å². The predicted molar refractivity (Wildman–Crippen MR) is 120 cm³/mol. The molecule has 0 aliphatic rings. The molecule has 0 radical (unpaired) electrons. The first kappa shape index (κ1) is 19.3. The molecule has 156 valence electrons. The minimum atomic E-state index is -0.221. The molecule has 2 N–H and O–H groups in total. The topological polar surface area (TPSA) is 122 Å². The van der Waals surface area contributed by atoms with Gasteiger partial charge < -0.3 is 10.6 Å². The zero-order valence-electron chi connectivity index (χ0n) is 17.3. The summed E-state index contributed by atoms with van der Waals surface area (Å²) < 4.78 is 3.08. The monoisotopic (exact) mass is 423 g/mol. The van der Waals surface area contributed by atoms with Crippen molar-refractivity contribution in [1.29, 1.82) is 0 Å². The van der Waals surface area contributed by atoms with Crippen LogP contribution in [0.3, 0.4) is 0 Å². The van der Waals surface area contributed by atoms with E-state index in [9.17, 15) is 4.79 Å². The number of anilines is 1. The van der Waals surface area contributed by atoms with Crippen molar-refractivity contribution in [1.82, 2.24) is 34.3 Å². The van der Waals surface area contributed by atoms with Crippen LogP contribution in [0.15, 0.2) is 47.7 Å².